The van der Waals surface area contributed by atoms with Crippen molar-refractivity contribution >= 4 is 11.9 Å². The minimum atomic E-state index is -0.332. The Kier molecular flexibility index (Phi) is 7.91. The molecule has 0 heterocycles. The molecule has 0 saturated heterocycles. The lowest BCUT2D eigenvalue weighted by Gasteiger charge is -2.30. The summed E-state index contributed by atoms with van der Waals surface area (Å²) in [5.41, 5.74) is 0. The van der Waals surface area contributed by atoms with Crippen molar-refractivity contribution in [3.05, 3.63) is 0 Å². The molecule has 3 atom stereocenters. The van der Waals surface area contributed by atoms with Crippen molar-refractivity contribution in [2.45, 2.75) is 72.8 Å². The van der Waals surface area contributed by atoms with Crippen LogP contribution in [0.1, 0.15) is 66.7 Å². The van der Waals surface area contributed by atoms with Crippen LogP contribution < -0.4 is 0 Å². The van der Waals surface area contributed by atoms with Crippen molar-refractivity contribution in [3.8, 4) is 0 Å². The maximum atomic E-state index is 12.5. The van der Waals surface area contributed by atoms with E-state index in [2.05, 4.69) is 13.8 Å². The molecule has 128 valence electrons. The van der Waals surface area contributed by atoms with Gasteiger partial charge in [-0.3, -0.25) is 9.59 Å². The topological polar surface area (TPSA) is 52.6 Å². The number of hydrogen-bond acceptors (Lipinski definition) is 4. The molecule has 1 saturated carbocycles. The van der Waals surface area contributed by atoms with Crippen LogP contribution in [0, 0.1) is 23.7 Å². The van der Waals surface area contributed by atoms with Crippen LogP contribution in [0.2, 0.25) is 0 Å². The lowest BCUT2D eigenvalue weighted by molar-refractivity contribution is -0.168. The first-order valence-electron chi connectivity index (χ1n) is 8.73. The van der Waals surface area contributed by atoms with Gasteiger partial charge in [-0.15, -0.1) is 0 Å². The molecule has 4 heteroatoms. The Bertz CT molecular complexity index is 362. The molecule has 0 bridgehead atoms. The fourth-order valence-corrected chi connectivity index (χ4v) is 2.98. The fraction of sp³-hybridized carbons (Fsp3) is 0.889. The molecule has 0 aromatic heterocycles. The molecule has 0 N–H and O–H groups in total. The van der Waals surface area contributed by atoms with Gasteiger partial charge in [0.1, 0.15) is 6.10 Å². The maximum Gasteiger partial charge on any atom is 0.310 e. The number of hydrogen-bond donors (Lipinski definition) is 0. The molecule has 0 amide bonds. The summed E-state index contributed by atoms with van der Waals surface area (Å²) in [6.45, 7) is 10.6. The molecule has 0 spiro atoms. The molecule has 1 aliphatic rings. The second-order valence-electron chi connectivity index (χ2n) is 7.15. The smallest absolute Gasteiger partial charge is 0.310 e. The highest BCUT2D eigenvalue weighted by Gasteiger charge is 2.38. The van der Waals surface area contributed by atoms with Gasteiger partial charge in [-0.1, -0.05) is 47.5 Å². The van der Waals surface area contributed by atoms with Gasteiger partial charge in [-0.2, -0.15) is 0 Å². The van der Waals surface area contributed by atoms with Crippen molar-refractivity contribution in [3.63, 3.8) is 0 Å². The van der Waals surface area contributed by atoms with Crippen LogP contribution in [-0.4, -0.2) is 24.6 Å². The van der Waals surface area contributed by atoms with Crippen LogP contribution in [0.4, 0.5) is 0 Å². The van der Waals surface area contributed by atoms with Gasteiger partial charge in [0, 0.05) is 0 Å². The lowest BCUT2D eigenvalue weighted by atomic mass is 9.79. The van der Waals surface area contributed by atoms with Gasteiger partial charge >= 0.3 is 11.9 Å². The molecule has 4 nitrogen and oxygen atoms in total. The Hall–Kier alpha value is -1.06. The zero-order valence-electron chi connectivity index (χ0n) is 14.8. The third-order valence-electron chi connectivity index (χ3n) is 4.34. The van der Waals surface area contributed by atoms with Gasteiger partial charge in [0.25, 0.3) is 0 Å². The average molecular weight is 312 g/mol. The Morgan fingerprint density at radius 1 is 1.00 bits per heavy atom. The van der Waals surface area contributed by atoms with Crippen LogP contribution >= 0.6 is 0 Å². The SMILES string of the molecule is CCC(OC(=O)C1CCCCC1C(=O)OCC(C)C)C(C)C. The highest BCUT2D eigenvalue weighted by atomic mass is 16.5. The lowest BCUT2D eigenvalue weighted by Crippen LogP contribution is -2.37. The summed E-state index contributed by atoms with van der Waals surface area (Å²) in [7, 11) is 0. The molecule has 3 unspecified atom stereocenters. The van der Waals surface area contributed by atoms with E-state index in [1.807, 2.05) is 20.8 Å². The van der Waals surface area contributed by atoms with Gasteiger partial charge < -0.3 is 9.47 Å². The van der Waals surface area contributed by atoms with E-state index < -0.39 is 0 Å². The molecule has 0 aliphatic heterocycles. The summed E-state index contributed by atoms with van der Waals surface area (Å²) < 4.78 is 11.0. The van der Waals surface area contributed by atoms with Gasteiger partial charge in [0.2, 0.25) is 0 Å². The summed E-state index contributed by atoms with van der Waals surface area (Å²) in [5.74, 6) is -0.502. The Balaban J connectivity index is 2.67. The molecule has 22 heavy (non-hydrogen) atoms. The van der Waals surface area contributed by atoms with Gasteiger partial charge in [-0.25, -0.2) is 0 Å². The second-order valence-corrected chi connectivity index (χ2v) is 7.15. The Morgan fingerprint density at radius 2 is 1.55 bits per heavy atom. The molecular weight excluding hydrogens is 280 g/mol. The van der Waals surface area contributed by atoms with E-state index in [1.165, 1.54) is 0 Å². The Labute approximate surface area is 134 Å². The van der Waals surface area contributed by atoms with Crippen LogP contribution in [-0.2, 0) is 19.1 Å². The third kappa shape index (κ3) is 5.62. The van der Waals surface area contributed by atoms with Crippen LogP contribution in [0.5, 0.6) is 0 Å². The minimum Gasteiger partial charge on any atom is -0.465 e. The molecule has 0 aromatic carbocycles. The maximum absolute atomic E-state index is 12.5. The van der Waals surface area contributed by atoms with Gasteiger partial charge in [0.05, 0.1) is 18.4 Å². The van der Waals surface area contributed by atoms with E-state index >= 15 is 0 Å². The average Bonchev–Trinajstić information content (AvgIpc) is 2.49. The number of ether oxygens (including phenoxy) is 2. The summed E-state index contributed by atoms with van der Waals surface area (Å²) in [6, 6.07) is 0. The van der Waals surface area contributed by atoms with Crippen molar-refractivity contribution in [1.29, 1.82) is 0 Å². The summed E-state index contributed by atoms with van der Waals surface area (Å²) in [6.07, 6.45) is 4.16. The molecule has 1 fully saturated rings. The monoisotopic (exact) mass is 312 g/mol. The summed E-state index contributed by atoms with van der Waals surface area (Å²) >= 11 is 0. The number of carbonyl (C=O) groups excluding carboxylic acids is 2. The van der Waals surface area contributed by atoms with Crippen molar-refractivity contribution < 1.29 is 19.1 Å². The van der Waals surface area contributed by atoms with Gasteiger partial charge in [-0.05, 0) is 31.1 Å². The quantitative estimate of drug-likeness (QED) is 0.667. The zero-order chi connectivity index (χ0) is 16.7. The predicted octanol–water partition coefficient (Wildman–Crippen LogP) is 3.97. The van der Waals surface area contributed by atoms with Crippen LogP contribution in [0.25, 0.3) is 0 Å². The van der Waals surface area contributed by atoms with E-state index in [9.17, 15) is 9.59 Å². The van der Waals surface area contributed by atoms with E-state index in [0.717, 1.165) is 32.1 Å². The van der Waals surface area contributed by atoms with Crippen molar-refractivity contribution in [2.75, 3.05) is 6.61 Å². The highest BCUT2D eigenvalue weighted by molar-refractivity contribution is 5.82. The normalized spacial score (nSPS) is 23.4. The fourth-order valence-electron chi connectivity index (χ4n) is 2.98. The number of esters is 2. The molecule has 0 radical (unpaired) electrons. The standard InChI is InChI=1S/C18H32O4/c1-6-16(13(4)5)22-18(20)15-10-8-7-9-14(15)17(19)21-11-12(2)3/h12-16H,6-11H2,1-5H3. The molecule has 1 rings (SSSR count). The molecular formula is C18H32O4. The van der Waals surface area contributed by atoms with E-state index in [4.69, 9.17) is 9.47 Å². The van der Waals surface area contributed by atoms with Crippen molar-refractivity contribution in [2.24, 2.45) is 23.7 Å². The van der Waals surface area contributed by atoms with Gasteiger partial charge in [0.15, 0.2) is 0 Å². The summed E-state index contributed by atoms with van der Waals surface area (Å²) in [5, 5.41) is 0. The first kappa shape index (κ1) is 19.0. The minimum absolute atomic E-state index is 0.0678. The van der Waals surface area contributed by atoms with Crippen molar-refractivity contribution in [1.82, 2.24) is 0 Å². The highest BCUT2D eigenvalue weighted by Crippen LogP contribution is 2.33. The molecule has 0 aromatic rings. The predicted molar refractivity (Wildman–Crippen MR) is 86.3 cm³/mol. The van der Waals surface area contributed by atoms with Crippen LogP contribution in [0.15, 0.2) is 0 Å². The first-order chi connectivity index (χ1) is 10.4. The van der Waals surface area contributed by atoms with E-state index in [1.54, 1.807) is 0 Å². The summed E-state index contributed by atoms with van der Waals surface area (Å²) in [4.78, 5) is 24.8. The largest absolute Gasteiger partial charge is 0.465 e. The third-order valence-corrected chi connectivity index (χ3v) is 4.34. The van der Waals surface area contributed by atoms with E-state index in [0.29, 0.717) is 18.4 Å². The molecule has 1 aliphatic carbocycles. The van der Waals surface area contributed by atoms with Crippen LogP contribution in [0.3, 0.4) is 0 Å². The zero-order valence-corrected chi connectivity index (χ0v) is 14.8. The first-order valence-corrected chi connectivity index (χ1v) is 8.73. The Morgan fingerprint density at radius 3 is 2.00 bits per heavy atom. The van der Waals surface area contributed by atoms with E-state index in [-0.39, 0.29) is 29.9 Å². The number of carbonyl (C=O) groups is 2. The number of rotatable bonds is 7. The second kappa shape index (κ2) is 9.16.